The third kappa shape index (κ3) is 1.15. The summed E-state index contributed by atoms with van der Waals surface area (Å²) in [5.74, 6) is -0.192. The Kier molecular flexibility index (Phi) is 2.35. The molecule has 1 aromatic carbocycles. The van der Waals surface area contributed by atoms with Gasteiger partial charge in [-0.25, -0.2) is 0 Å². The van der Waals surface area contributed by atoms with E-state index < -0.39 is 5.60 Å². The number of likely N-dealkylation sites (N-methyl/N-ethyl adjacent to an activating group) is 1. The zero-order chi connectivity index (χ0) is 12.9. The van der Waals surface area contributed by atoms with Gasteiger partial charge in [0.1, 0.15) is 0 Å². The number of hydrogen-bond donors (Lipinski definition) is 0. The molecule has 1 amide bonds. The Morgan fingerprint density at radius 1 is 1.50 bits per heavy atom. The summed E-state index contributed by atoms with van der Waals surface area (Å²) in [5.41, 5.74) is 0.700. The summed E-state index contributed by atoms with van der Waals surface area (Å²) >= 11 is 3.38. The van der Waals surface area contributed by atoms with Crippen molar-refractivity contribution in [2.75, 3.05) is 11.4 Å². The number of carbonyl (C=O) groups excluding carboxylic acids is 2. The van der Waals surface area contributed by atoms with E-state index in [1.165, 1.54) is 6.26 Å². The van der Waals surface area contributed by atoms with E-state index in [2.05, 4.69) is 15.9 Å². The smallest absolute Gasteiger partial charge is 0.281 e. The predicted octanol–water partition coefficient (Wildman–Crippen LogP) is 2.12. The van der Waals surface area contributed by atoms with Crippen LogP contribution in [-0.2, 0) is 19.9 Å². The monoisotopic (exact) mass is 307 g/mol. The van der Waals surface area contributed by atoms with E-state index in [0.717, 1.165) is 15.7 Å². The Balaban J connectivity index is 2.26. The van der Waals surface area contributed by atoms with Gasteiger partial charge in [0, 0.05) is 16.6 Å². The number of ether oxygens (including phenoxy) is 1. The highest BCUT2D eigenvalue weighted by atomic mass is 79.9. The fraction of sp³-hybridized carbons (Fsp3) is 0.231. The second-order valence-corrected chi connectivity index (χ2v) is 5.12. The van der Waals surface area contributed by atoms with E-state index in [9.17, 15) is 9.59 Å². The lowest BCUT2D eigenvalue weighted by Crippen LogP contribution is -2.47. The molecule has 0 radical (unpaired) electrons. The maximum atomic E-state index is 12.5. The van der Waals surface area contributed by atoms with Crippen LogP contribution in [0.2, 0.25) is 0 Å². The molecule has 92 valence electrons. The zero-order valence-corrected chi connectivity index (χ0v) is 11.2. The summed E-state index contributed by atoms with van der Waals surface area (Å²) < 4.78 is 6.26. The Morgan fingerprint density at radius 2 is 2.28 bits per heavy atom. The molecule has 0 unspecified atom stereocenters. The van der Waals surface area contributed by atoms with Crippen molar-refractivity contribution < 1.29 is 14.3 Å². The first-order chi connectivity index (χ1) is 8.65. The Morgan fingerprint density at radius 3 is 2.83 bits per heavy atom. The number of nitrogens with zero attached hydrogens (tertiary/aromatic N) is 1. The largest absolute Gasteiger partial charge is 0.474 e. The average Bonchev–Trinajstić information content (AvgIpc) is 2.57. The van der Waals surface area contributed by atoms with E-state index in [1.807, 2.05) is 25.1 Å². The summed E-state index contributed by atoms with van der Waals surface area (Å²) in [5, 5.41) is 0. The van der Waals surface area contributed by atoms with Gasteiger partial charge in [0.2, 0.25) is 5.60 Å². The van der Waals surface area contributed by atoms with Gasteiger partial charge in [-0.1, -0.05) is 15.9 Å². The van der Waals surface area contributed by atoms with Crippen LogP contribution in [0.5, 0.6) is 0 Å². The lowest BCUT2D eigenvalue weighted by molar-refractivity contribution is -0.139. The minimum absolute atomic E-state index is 0.192. The minimum atomic E-state index is -1.21. The van der Waals surface area contributed by atoms with Gasteiger partial charge in [0.25, 0.3) is 5.91 Å². The van der Waals surface area contributed by atoms with Gasteiger partial charge < -0.3 is 9.64 Å². The second kappa shape index (κ2) is 3.68. The number of benzene rings is 1. The van der Waals surface area contributed by atoms with Gasteiger partial charge in [-0.15, -0.1) is 0 Å². The molecule has 1 aromatic rings. The third-order valence-electron chi connectivity index (χ3n) is 3.39. The molecule has 2 heterocycles. The normalized spacial score (nSPS) is 24.4. The van der Waals surface area contributed by atoms with Crippen molar-refractivity contribution in [2.24, 2.45) is 0 Å². The van der Waals surface area contributed by atoms with Crippen LogP contribution in [0, 0.1) is 0 Å². The van der Waals surface area contributed by atoms with Crippen LogP contribution in [0.25, 0.3) is 0 Å². The first-order valence-electron chi connectivity index (χ1n) is 5.60. The number of aldehydes is 1. The quantitative estimate of drug-likeness (QED) is 0.786. The molecule has 0 aromatic heterocycles. The molecule has 2 aliphatic heterocycles. The Hall–Kier alpha value is -1.62. The van der Waals surface area contributed by atoms with E-state index >= 15 is 0 Å². The fourth-order valence-electron chi connectivity index (χ4n) is 2.50. The molecule has 0 saturated carbocycles. The number of halogens is 1. The first-order valence-corrected chi connectivity index (χ1v) is 6.40. The van der Waals surface area contributed by atoms with Crippen molar-refractivity contribution in [1.29, 1.82) is 0 Å². The lowest BCUT2D eigenvalue weighted by Gasteiger charge is -2.34. The van der Waals surface area contributed by atoms with E-state index in [0.29, 0.717) is 18.4 Å². The molecule has 0 bridgehead atoms. The van der Waals surface area contributed by atoms with Crippen LogP contribution in [0.15, 0.2) is 34.5 Å². The minimum Gasteiger partial charge on any atom is -0.474 e. The summed E-state index contributed by atoms with van der Waals surface area (Å²) in [7, 11) is 0. The highest BCUT2D eigenvalue weighted by molar-refractivity contribution is 9.10. The number of hydrogen-bond acceptors (Lipinski definition) is 3. The number of anilines is 1. The number of amides is 1. The molecule has 2 aliphatic rings. The average molecular weight is 308 g/mol. The van der Waals surface area contributed by atoms with Crippen molar-refractivity contribution in [3.63, 3.8) is 0 Å². The maximum Gasteiger partial charge on any atom is 0.281 e. The fourth-order valence-corrected chi connectivity index (χ4v) is 2.86. The molecule has 5 heteroatoms. The van der Waals surface area contributed by atoms with E-state index in [-0.39, 0.29) is 5.91 Å². The van der Waals surface area contributed by atoms with Crippen molar-refractivity contribution in [2.45, 2.75) is 12.5 Å². The first kappa shape index (κ1) is 11.5. The molecular formula is C13H10BrNO3. The summed E-state index contributed by atoms with van der Waals surface area (Å²) in [6, 6.07) is 5.57. The summed E-state index contributed by atoms with van der Waals surface area (Å²) in [6.45, 7) is 2.44. The number of rotatable bonds is 2. The Bertz CT molecular complexity index is 596. The number of carbonyl (C=O) groups is 2. The maximum absolute atomic E-state index is 12.5. The van der Waals surface area contributed by atoms with Crippen LogP contribution in [0.1, 0.15) is 12.5 Å². The van der Waals surface area contributed by atoms with Crippen LogP contribution < -0.4 is 4.90 Å². The second-order valence-electron chi connectivity index (χ2n) is 4.20. The Labute approximate surface area is 112 Å². The van der Waals surface area contributed by atoms with Crippen molar-refractivity contribution in [3.8, 4) is 0 Å². The van der Waals surface area contributed by atoms with Gasteiger partial charge in [0.15, 0.2) is 6.29 Å². The van der Waals surface area contributed by atoms with Gasteiger partial charge in [-0.3, -0.25) is 9.59 Å². The molecule has 0 N–H and O–H groups in total. The molecule has 0 saturated heterocycles. The molecule has 1 spiro atoms. The lowest BCUT2D eigenvalue weighted by atomic mass is 9.85. The molecule has 0 fully saturated rings. The standard InChI is InChI=1S/C13H10BrNO3/c1-2-15-11-4-3-9(14)5-10(11)13(12(15)17)8(6-16)7-18-13/h3-7H,2H2,1H3/t13-/m0/s1. The van der Waals surface area contributed by atoms with Crippen molar-refractivity contribution in [1.82, 2.24) is 0 Å². The van der Waals surface area contributed by atoms with Crippen LogP contribution in [-0.4, -0.2) is 18.7 Å². The van der Waals surface area contributed by atoms with Gasteiger partial charge >= 0.3 is 0 Å². The molecule has 0 aliphatic carbocycles. The topological polar surface area (TPSA) is 46.6 Å². The van der Waals surface area contributed by atoms with Gasteiger partial charge in [-0.05, 0) is 25.1 Å². The predicted molar refractivity (Wildman–Crippen MR) is 69.1 cm³/mol. The molecule has 3 rings (SSSR count). The molecule has 1 atom stereocenters. The molecular weight excluding hydrogens is 298 g/mol. The van der Waals surface area contributed by atoms with Gasteiger partial charge in [0.05, 0.1) is 17.5 Å². The highest BCUT2D eigenvalue weighted by Crippen LogP contribution is 2.51. The number of fused-ring (bicyclic) bond motifs is 2. The SMILES string of the molecule is CCN1C(=O)[C@@]2(OC=C2C=O)c2cc(Br)ccc21. The molecule has 18 heavy (non-hydrogen) atoms. The van der Waals surface area contributed by atoms with Crippen LogP contribution in [0.3, 0.4) is 0 Å². The van der Waals surface area contributed by atoms with E-state index in [4.69, 9.17) is 4.74 Å². The third-order valence-corrected chi connectivity index (χ3v) is 3.88. The van der Waals surface area contributed by atoms with Crippen molar-refractivity contribution >= 4 is 33.8 Å². The van der Waals surface area contributed by atoms with E-state index in [1.54, 1.807) is 4.90 Å². The highest BCUT2D eigenvalue weighted by Gasteiger charge is 2.59. The van der Waals surface area contributed by atoms with Gasteiger partial charge in [-0.2, -0.15) is 0 Å². The van der Waals surface area contributed by atoms with Crippen LogP contribution >= 0.6 is 15.9 Å². The summed E-state index contributed by atoms with van der Waals surface area (Å²) in [4.78, 5) is 25.2. The zero-order valence-electron chi connectivity index (χ0n) is 9.64. The van der Waals surface area contributed by atoms with Crippen LogP contribution in [0.4, 0.5) is 5.69 Å². The van der Waals surface area contributed by atoms with Crippen molar-refractivity contribution in [3.05, 3.63) is 40.1 Å². The molecule has 4 nitrogen and oxygen atoms in total. The summed E-state index contributed by atoms with van der Waals surface area (Å²) in [6.07, 6.45) is 2.03.